The molecule has 98 valence electrons. The van der Waals surface area contributed by atoms with Crippen LogP contribution in [0, 0.1) is 5.92 Å². The molecule has 0 aromatic heterocycles. The summed E-state index contributed by atoms with van der Waals surface area (Å²) < 4.78 is 0. The van der Waals surface area contributed by atoms with Crippen molar-refractivity contribution in [1.29, 1.82) is 0 Å². The van der Waals surface area contributed by atoms with E-state index in [2.05, 4.69) is 0 Å². The fraction of sp³-hybridized carbons (Fsp3) is 0.462. The molecular weight excluding hydrogens is 252 g/mol. The summed E-state index contributed by atoms with van der Waals surface area (Å²) in [7, 11) is 0. The monoisotopic (exact) mass is 268 g/mol. The molecule has 5 heteroatoms. The molecule has 3 N–H and O–H groups in total. The molecule has 0 bridgehead atoms. The predicted molar refractivity (Wildman–Crippen MR) is 70.8 cm³/mol. The maximum atomic E-state index is 12.2. The van der Waals surface area contributed by atoms with Crippen LogP contribution in [0.1, 0.15) is 23.2 Å². The minimum absolute atomic E-state index is 0.0616. The van der Waals surface area contributed by atoms with Gasteiger partial charge in [-0.05, 0) is 43.5 Å². The summed E-state index contributed by atoms with van der Waals surface area (Å²) in [6, 6.07) is 4.57. The molecule has 0 unspecified atom stereocenters. The van der Waals surface area contributed by atoms with Gasteiger partial charge >= 0.3 is 0 Å². The highest BCUT2D eigenvalue weighted by atomic mass is 35.5. The molecule has 1 aliphatic rings. The van der Waals surface area contributed by atoms with E-state index in [1.54, 1.807) is 17.0 Å². The number of nitrogens with zero attached hydrogens (tertiary/aromatic N) is 1. The summed E-state index contributed by atoms with van der Waals surface area (Å²) >= 11 is 5.75. The van der Waals surface area contributed by atoms with Crippen molar-refractivity contribution in [2.45, 2.75) is 12.8 Å². The standard InChI is InChI=1S/C13H17ClN2O2/c14-10-1-2-11(12(17)7-10)13(18)16-5-3-9(8-15)4-6-16/h1-2,7,9,17H,3-6,8,15H2. The topological polar surface area (TPSA) is 66.6 Å². The number of hydrogen-bond donors (Lipinski definition) is 2. The quantitative estimate of drug-likeness (QED) is 0.860. The summed E-state index contributed by atoms with van der Waals surface area (Å²) in [6.45, 7) is 2.07. The molecule has 0 spiro atoms. The zero-order valence-corrected chi connectivity index (χ0v) is 10.9. The third kappa shape index (κ3) is 2.76. The van der Waals surface area contributed by atoms with Gasteiger partial charge in [-0.2, -0.15) is 0 Å². The van der Waals surface area contributed by atoms with Gasteiger partial charge in [0.25, 0.3) is 5.91 Å². The normalized spacial score (nSPS) is 16.9. The number of halogens is 1. The molecule has 2 rings (SSSR count). The second kappa shape index (κ2) is 5.59. The van der Waals surface area contributed by atoms with Gasteiger partial charge in [-0.3, -0.25) is 4.79 Å². The Morgan fingerprint density at radius 2 is 2.11 bits per heavy atom. The lowest BCUT2D eigenvalue weighted by molar-refractivity contribution is 0.0690. The number of phenolic OH excluding ortho intramolecular Hbond substituents is 1. The van der Waals surface area contributed by atoms with Crippen molar-refractivity contribution in [3.63, 3.8) is 0 Å². The van der Waals surface area contributed by atoms with Crippen molar-refractivity contribution < 1.29 is 9.90 Å². The number of piperidine rings is 1. The van der Waals surface area contributed by atoms with Crippen molar-refractivity contribution >= 4 is 17.5 Å². The van der Waals surface area contributed by atoms with Crippen LogP contribution in [-0.4, -0.2) is 35.5 Å². The van der Waals surface area contributed by atoms with Gasteiger partial charge in [0.05, 0.1) is 5.56 Å². The average Bonchev–Trinajstić information content (AvgIpc) is 2.38. The molecule has 0 saturated carbocycles. The Bertz CT molecular complexity index is 443. The van der Waals surface area contributed by atoms with Crippen LogP contribution in [-0.2, 0) is 0 Å². The zero-order valence-electron chi connectivity index (χ0n) is 10.1. The number of benzene rings is 1. The highest BCUT2D eigenvalue weighted by Crippen LogP contribution is 2.25. The second-order valence-corrected chi connectivity index (χ2v) is 5.07. The number of rotatable bonds is 2. The number of aromatic hydroxyl groups is 1. The molecule has 0 aliphatic carbocycles. The fourth-order valence-electron chi connectivity index (χ4n) is 2.23. The fourth-order valence-corrected chi connectivity index (χ4v) is 2.39. The summed E-state index contributed by atoms with van der Waals surface area (Å²) in [5, 5.41) is 10.2. The Morgan fingerprint density at radius 3 is 2.67 bits per heavy atom. The second-order valence-electron chi connectivity index (χ2n) is 4.63. The van der Waals surface area contributed by atoms with Crippen molar-refractivity contribution in [3.05, 3.63) is 28.8 Å². The number of hydrogen-bond acceptors (Lipinski definition) is 3. The summed E-state index contributed by atoms with van der Waals surface area (Å²) in [5.74, 6) is 0.306. The first-order valence-electron chi connectivity index (χ1n) is 6.09. The molecule has 4 nitrogen and oxygen atoms in total. The maximum absolute atomic E-state index is 12.2. The largest absolute Gasteiger partial charge is 0.507 e. The molecular formula is C13H17ClN2O2. The van der Waals surface area contributed by atoms with Gasteiger partial charge in [0.2, 0.25) is 0 Å². The van der Waals surface area contributed by atoms with Crippen LogP contribution in [0.3, 0.4) is 0 Å². The molecule has 1 aromatic rings. The van der Waals surface area contributed by atoms with E-state index in [-0.39, 0.29) is 11.7 Å². The lowest BCUT2D eigenvalue weighted by Gasteiger charge is -2.31. The van der Waals surface area contributed by atoms with Crippen LogP contribution < -0.4 is 5.73 Å². The first-order chi connectivity index (χ1) is 8.61. The highest BCUT2D eigenvalue weighted by molar-refractivity contribution is 6.30. The Labute approximate surface area is 111 Å². The maximum Gasteiger partial charge on any atom is 0.257 e. The van der Waals surface area contributed by atoms with Crippen LogP contribution in [0.2, 0.25) is 5.02 Å². The van der Waals surface area contributed by atoms with Crippen molar-refractivity contribution in [1.82, 2.24) is 4.90 Å². The molecule has 1 fully saturated rings. The van der Waals surface area contributed by atoms with E-state index in [1.165, 1.54) is 6.07 Å². The number of carbonyl (C=O) groups is 1. The third-order valence-electron chi connectivity index (χ3n) is 3.43. The van der Waals surface area contributed by atoms with Crippen molar-refractivity contribution in [3.8, 4) is 5.75 Å². The van der Waals surface area contributed by atoms with E-state index in [0.717, 1.165) is 12.8 Å². The van der Waals surface area contributed by atoms with Gasteiger partial charge < -0.3 is 15.7 Å². The van der Waals surface area contributed by atoms with E-state index in [1.807, 2.05) is 0 Å². The predicted octanol–water partition coefficient (Wildman–Crippen LogP) is 1.86. The molecule has 18 heavy (non-hydrogen) atoms. The van der Waals surface area contributed by atoms with E-state index < -0.39 is 0 Å². The van der Waals surface area contributed by atoms with Gasteiger partial charge in [-0.15, -0.1) is 0 Å². The first-order valence-corrected chi connectivity index (χ1v) is 6.47. The van der Waals surface area contributed by atoms with Crippen molar-refractivity contribution in [2.75, 3.05) is 19.6 Å². The van der Waals surface area contributed by atoms with Gasteiger partial charge in [-0.1, -0.05) is 11.6 Å². The number of nitrogens with two attached hydrogens (primary N) is 1. The molecule has 0 radical (unpaired) electrons. The van der Waals surface area contributed by atoms with Gasteiger partial charge in [0.1, 0.15) is 5.75 Å². The Hall–Kier alpha value is -1.26. The Morgan fingerprint density at radius 1 is 1.44 bits per heavy atom. The lowest BCUT2D eigenvalue weighted by Crippen LogP contribution is -2.40. The number of amides is 1. The molecule has 1 heterocycles. The average molecular weight is 269 g/mol. The molecule has 1 aromatic carbocycles. The van der Waals surface area contributed by atoms with Crippen molar-refractivity contribution in [2.24, 2.45) is 11.7 Å². The van der Waals surface area contributed by atoms with Crippen LogP contribution in [0.5, 0.6) is 5.75 Å². The summed E-state index contributed by atoms with van der Waals surface area (Å²) in [6.07, 6.45) is 1.85. The zero-order chi connectivity index (χ0) is 13.1. The summed E-state index contributed by atoms with van der Waals surface area (Å²) in [4.78, 5) is 14.0. The summed E-state index contributed by atoms with van der Waals surface area (Å²) in [5.41, 5.74) is 5.93. The Balaban J connectivity index is 2.08. The number of phenols is 1. The van der Waals surface area contributed by atoms with Crippen LogP contribution in [0.25, 0.3) is 0 Å². The molecule has 1 amide bonds. The number of carbonyl (C=O) groups excluding carboxylic acids is 1. The van der Waals surface area contributed by atoms with Crippen LogP contribution >= 0.6 is 11.6 Å². The third-order valence-corrected chi connectivity index (χ3v) is 3.66. The smallest absolute Gasteiger partial charge is 0.257 e. The Kier molecular flexibility index (Phi) is 4.09. The van der Waals surface area contributed by atoms with Gasteiger partial charge in [0.15, 0.2) is 0 Å². The molecule has 1 aliphatic heterocycles. The molecule has 0 atom stereocenters. The van der Waals surface area contributed by atoms with Crippen LogP contribution in [0.15, 0.2) is 18.2 Å². The SMILES string of the molecule is NCC1CCN(C(=O)c2ccc(Cl)cc2O)CC1. The van der Waals surface area contributed by atoms with Gasteiger partial charge in [0, 0.05) is 18.1 Å². The van der Waals surface area contributed by atoms with E-state index in [4.69, 9.17) is 17.3 Å². The first kappa shape index (κ1) is 13.2. The van der Waals surface area contributed by atoms with E-state index >= 15 is 0 Å². The highest BCUT2D eigenvalue weighted by Gasteiger charge is 2.24. The van der Waals surface area contributed by atoms with E-state index in [0.29, 0.717) is 36.1 Å². The minimum atomic E-state index is -0.139. The number of likely N-dealkylation sites (tertiary alicyclic amines) is 1. The lowest BCUT2D eigenvalue weighted by atomic mass is 9.96. The van der Waals surface area contributed by atoms with Gasteiger partial charge in [-0.25, -0.2) is 0 Å². The minimum Gasteiger partial charge on any atom is -0.507 e. The van der Waals surface area contributed by atoms with E-state index in [9.17, 15) is 9.90 Å². The van der Waals surface area contributed by atoms with Crippen LogP contribution in [0.4, 0.5) is 0 Å². The molecule has 1 saturated heterocycles.